The molecule has 0 aliphatic heterocycles. The maximum atomic E-state index is 2.99. The van der Waals surface area contributed by atoms with Crippen LogP contribution in [0.4, 0.5) is 0 Å². The second-order valence-corrected chi connectivity index (χ2v) is 2.01. The molecular formula is C14H26Br2SiTi-6. The molecule has 0 heterocycles. The second-order valence-electron chi connectivity index (χ2n) is 2.01. The van der Waals surface area contributed by atoms with E-state index >= 15 is 0 Å². The van der Waals surface area contributed by atoms with Crippen LogP contribution in [0.1, 0.15) is 12.8 Å². The first kappa shape index (κ1) is 42.8. The Morgan fingerprint density at radius 1 is 0.722 bits per heavy atom. The number of halogens is 2. The molecular weight excluding hydrogens is 404 g/mol. The van der Waals surface area contributed by atoms with E-state index in [4.69, 9.17) is 0 Å². The number of hydrogen-bond acceptors (Lipinski definition) is 0. The van der Waals surface area contributed by atoms with Gasteiger partial charge in [-0.25, -0.2) is 24.3 Å². The summed E-state index contributed by atoms with van der Waals surface area (Å²) in [7, 11) is 1.86. The molecule has 0 aromatic rings. The van der Waals surface area contributed by atoms with E-state index in [0.717, 1.165) is 12.8 Å². The fourth-order valence-electron chi connectivity index (χ4n) is 0.680. The van der Waals surface area contributed by atoms with Crippen molar-refractivity contribution in [2.75, 3.05) is 0 Å². The predicted octanol–water partition coefficient (Wildman–Crippen LogP) is 4.65. The molecule has 0 aromatic heterocycles. The van der Waals surface area contributed by atoms with E-state index in [2.05, 4.69) is 24.3 Å². The van der Waals surface area contributed by atoms with Gasteiger partial charge < -0.3 is 29.7 Å². The van der Waals surface area contributed by atoms with Gasteiger partial charge in [-0.3, -0.25) is 12.2 Å². The van der Waals surface area contributed by atoms with Crippen LogP contribution in [0.15, 0.2) is 36.5 Å². The van der Waals surface area contributed by atoms with Gasteiger partial charge in [0.15, 0.2) is 0 Å². The molecule has 0 saturated heterocycles. The Morgan fingerprint density at radius 2 is 1.00 bits per heavy atom. The van der Waals surface area contributed by atoms with Gasteiger partial charge in [0.1, 0.15) is 0 Å². The van der Waals surface area contributed by atoms with Crippen LogP contribution < -0.4 is 0 Å². The van der Waals surface area contributed by atoms with Crippen LogP contribution in [-0.2, 0) is 19.2 Å². The van der Waals surface area contributed by atoms with E-state index in [0.29, 0.717) is 0 Å². The Kier molecular flexibility index (Phi) is 102. The Morgan fingerprint density at radius 3 is 1.06 bits per heavy atom. The molecule has 4 heteroatoms. The Bertz CT molecular complexity index is 170. The third kappa shape index (κ3) is 36.0. The van der Waals surface area contributed by atoms with Crippen molar-refractivity contribution in [2.45, 2.75) is 12.8 Å². The van der Waals surface area contributed by atoms with Crippen LogP contribution in [0.25, 0.3) is 0 Å². The molecule has 0 saturated carbocycles. The summed E-state index contributed by atoms with van der Waals surface area (Å²) in [6.45, 7) is 0. The van der Waals surface area contributed by atoms with Crippen molar-refractivity contribution in [1.82, 2.24) is 0 Å². The number of hydrogen-bond donors (Lipinski definition) is 0. The monoisotopic (exact) mass is 428 g/mol. The Hall–Kier alpha value is 0.851. The fourth-order valence-corrected chi connectivity index (χ4v) is 0.680. The molecule has 0 aromatic carbocycles. The van der Waals surface area contributed by atoms with Gasteiger partial charge in [-0.05, 0) is 0 Å². The van der Waals surface area contributed by atoms with Crippen molar-refractivity contribution in [2.24, 2.45) is 0 Å². The minimum atomic E-state index is 0. The van der Waals surface area contributed by atoms with Crippen molar-refractivity contribution < 1.29 is 19.2 Å². The zero-order valence-corrected chi connectivity index (χ0v) is 18.3. The Labute approximate surface area is 151 Å². The summed E-state index contributed by atoms with van der Waals surface area (Å²) >= 11 is 2.03. The van der Waals surface area contributed by atoms with Crippen LogP contribution in [0.5, 0.6) is 0 Å². The van der Waals surface area contributed by atoms with Crippen molar-refractivity contribution >= 4 is 41.6 Å². The Balaban J connectivity index is -0.0000000183. The van der Waals surface area contributed by atoms with E-state index in [9.17, 15) is 0 Å². The van der Waals surface area contributed by atoms with Gasteiger partial charge in [-0.15, -0.1) is 46.8 Å². The van der Waals surface area contributed by atoms with Crippen LogP contribution in [0.2, 0.25) is 0 Å². The van der Waals surface area contributed by atoms with Gasteiger partial charge in [0.2, 0.25) is 0 Å². The summed E-state index contributed by atoms with van der Waals surface area (Å²) in [5.41, 5.74) is 0. The van der Waals surface area contributed by atoms with Crippen LogP contribution in [0, 0.1) is 41.9 Å². The molecule has 0 amide bonds. The summed E-state index contributed by atoms with van der Waals surface area (Å²) in [4.78, 5) is 0. The molecule has 0 unspecified atom stereocenters. The SMILES string of the molecule is Br.Br.[C-]1=CC=CC1.[C-]1=CC=CC1.[CH3-].[CH3-].[CH3-].[CH3-].[SiH2]=[Ti]. The van der Waals surface area contributed by atoms with Gasteiger partial charge in [0.25, 0.3) is 0 Å². The number of rotatable bonds is 0. The fraction of sp³-hybridized carbons (Fsp3) is 0.143. The van der Waals surface area contributed by atoms with Crippen molar-refractivity contribution in [3.8, 4) is 0 Å². The number of allylic oxidation sites excluding steroid dienone is 8. The quantitative estimate of drug-likeness (QED) is 0.388. The third-order valence-electron chi connectivity index (χ3n) is 1.17. The van der Waals surface area contributed by atoms with Crippen LogP contribution in [-0.4, -0.2) is 7.63 Å². The van der Waals surface area contributed by atoms with E-state index in [1.165, 1.54) is 0 Å². The zero-order chi connectivity index (χ0) is 9.07. The third-order valence-corrected chi connectivity index (χ3v) is 1.17. The molecule has 0 fully saturated rings. The molecule has 0 radical (unpaired) electrons. The molecule has 18 heavy (non-hydrogen) atoms. The van der Waals surface area contributed by atoms with Gasteiger partial charge in [0.05, 0.1) is 0 Å². The molecule has 0 spiro atoms. The minimum absolute atomic E-state index is 0. The van der Waals surface area contributed by atoms with E-state index in [1.807, 2.05) is 51.1 Å². The summed E-state index contributed by atoms with van der Waals surface area (Å²) in [6.07, 6.45) is 20.0. The summed E-state index contributed by atoms with van der Waals surface area (Å²) in [5.74, 6) is 0. The first-order chi connectivity index (χ1) is 6.00. The van der Waals surface area contributed by atoms with E-state index in [1.54, 1.807) is 0 Å². The standard InChI is InChI=1S/2C5H5.4CH3.2BrH.H2Si.Ti/c2*1-2-4-5-3-1;;;;;;;;/h2*1-3H,4H2;4*1H3;2*1H;1H2;/q6*-1;;;;. The first-order valence-corrected chi connectivity index (χ1v) is 7.81. The molecule has 0 bridgehead atoms. The second kappa shape index (κ2) is 43.1. The van der Waals surface area contributed by atoms with E-state index < -0.39 is 0 Å². The van der Waals surface area contributed by atoms with Gasteiger partial charge in [-0.2, -0.15) is 12.2 Å². The summed E-state index contributed by atoms with van der Waals surface area (Å²) in [6, 6.07) is 0. The maximum absolute atomic E-state index is 2.99. The average Bonchev–Trinajstić information content (AvgIpc) is 2.87. The average molecular weight is 430 g/mol. The first-order valence-electron chi connectivity index (χ1n) is 3.79. The molecule has 2 rings (SSSR count). The van der Waals surface area contributed by atoms with Crippen LogP contribution in [0.3, 0.4) is 0 Å². The van der Waals surface area contributed by atoms with Crippen molar-refractivity contribution in [3.05, 3.63) is 78.3 Å². The topological polar surface area (TPSA) is 0 Å². The zero-order valence-electron chi connectivity index (χ0n) is 11.9. The van der Waals surface area contributed by atoms with Gasteiger partial charge >= 0.3 is 26.8 Å². The summed E-state index contributed by atoms with van der Waals surface area (Å²) in [5, 5.41) is 0. The molecule has 0 atom stereocenters. The van der Waals surface area contributed by atoms with Gasteiger partial charge in [-0.1, -0.05) is 0 Å². The molecule has 110 valence electrons. The molecule has 2 aliphatic carbocycles. The molecule has 0 nitrogen and oxygen atoms in total. The molecule has 2 aliphatic rings. The van der Waals surface area contributed by atoms with E-state index in [-0.39, 0.29) is 63.7 Å². The summed E-state index contributed by atoms with van der Waals surface area (Å²) < 4.78 is 0. The van der Waals surface area contributed by atoms with Crippen molar-refractivity contribution in [1.29, 1.82) is 0 Å². The van der Waals surface area contributed by atoms with Gasteiger partial charge in [0, 0.05) is 0 Å². The van der Waals surface area contributed by atoms with Crippen LogP contribution >= 0.6 is 34.0 Å². The predicted molar refractivity (Wildman–Crippen MR) is 98.0 cm³/mol. The molecule has 0 N–H and O–H groups in total. The normalized spacial score (nSPS) is 9.94. The van der Waals surface area contributed by atoms with Crippen molar-refractivity contribution in [3.63, 3.8) is 0 Å².